The van der Waals surface area contributed by atoms with Crippen LogP contribution in [0.15, 0.2) is 36.7 Å². The van der Waals surface area contributed by atoms with Gasteiger partial charge in [-0.3, -0.25) is 9.78 Å². The Morgan fingerprint density at radius 2 is 1.89 bits per heavy atom. The molecule has 0 bridgehead atoms. The fraction of sp³-hybridized carbons (Fsp3) is 0.200. The molecule has 0 atom stereocenters. The molecule has 1 N–H and O–H groups in total. The van der Waals surface area contributed by atoms with Crippen LogP contribution in [0, 0.1) is 20.8 Å². The van der Waals surface area contributed by atoms with Crippen molar-refractivity contribution in [2.75, 3.05) is 5.32 Å². The Morgan fingerprint density at radius 3 is 2.61 bits per heavy atom. The second kappa shape index (κ2) is 5.00. The highest BCUT2D eigenvalue weighted by atomic mass is 16.1. The van der Waals surface area contributed by atoms with Gasteiger partial charge in [-0.25, -0.2) is 0 Å². The molecule has 0 spiro atoms. The zero-order chi connectivity index (χ0) is 13.1. The minimum absolute atomic E-state index is 0.0939. The highest BCUT2D eigenvalue weighted by Crippen LogP contribution is 2.18. The predicted molar refractivity (Wildman–Crippen MR) is 72.8 cm³/mol. The van der Waals surface area contributed by atoms with Gasteiger partial charge in [-0.2, -0.15) is 0 Å². The average Bonchev–Trinajstić information content (AvgIpc) is 2.34. The van der Waals surface area contributed by atoms with Gasteiger partial charge in [-0.05, 0) is 49.6 Å². The van der Waals surface area contributed by atoms with E-state index in [1.54, 1.807) is 18.5 Å². The van der Waals surface area contributed by atoms with Crippen molar-refractivity contribution in [1.82, 2.24) is 4.98 Å². The molecule has 1 amide bonds. The molecule has 1 heterocycles. The Balaban J connectivity index is 2.27. The van der Waals surface area contributed by atoms with E-state index in [0.717, 1.165) is 22.4 Å². The van der Waals surface area contributed by atoms with Crippen LogP contribution in [0.3, 0.4) is 0 Å². The summed E-state index contributed by atoms with van der Waals surface area (Å²) in [5.41, 5.74) is 4.57. The van der Waals surface area contributed by atoms with E-state index in [0.29, 0.717) is 5.56 Å². The van der Waals surface area contributed by atoms with Crippen molar-refractivity contribution in [3.63, 3.8) is 0 Å². The molecule has 0 saturated heterocycles. The summed E-state index contributed by atoms with van der Waals surface area (Å²) in [4.78, 5) is 16.1. The van der Waals surface area contributed by atoms with Crippen molar-refractivity contribution in [2.45, 2.75) is 20.8 Å². The van der Waals surface area contributed by atoms with Gasteiger partial charge in [0.2, 0.25) is 0 Å². The molecule has 0 unspecified atom stereocenters. The number of rotatable bonds is 2. The summed E-state index contributed by atoms with van der Waals surface area (Å²) in [6.45, 7) is 5.87. The smallest absolute Gasteiger partial charge is 0.256 e. The quantitative estimate of drug-likeness (QED) is 0.875. The first kappa shape index (κ1) is 12.3. The normalized spacial score (nSPS) is 10.2. The molecule has 1 aromatic carbocycles. The van der Waals surface area contributed by atoms with Crippen LogP contribution in [0.2, 0.25) is 0 Å². The molecule has 2 aromatic rings. The molecule has 0 saturated carbocycles. The summed E-state index contributed by atoms with van der Waals surface area (Å²) in [6.07, 6.45) is 3.32. The van der Waals surface area contributed by atoms with Gasteiger partial charge in [0, 0.05) is 23.6 Å². The summed E-state index contributed by atoms with van der Waals surface area (Å²) in [7, 11) is 0. The average molecular weight is 240 g/mol. The summed E-state index contributed by atoms with van der Waals surface area (Å²) < 4.78 is 0. The lowest BCUT2D eigenvalue weighted by molar-refractivity contribution is 0.102. The van der Waals surface area contributed by atoms with Gasteiger partial charge in [0.1, 0.15) is 0 Å². The van der Waals surface area contributed by atoms with E-state index in [4.69, 9.17) is 0 Å². The van der Waals surface area contributed by atoms with E-state index in [9.17, 15) is 4.79 Å². The van der Waals surface area contributed by atoms with Crippen molar-refractivity contribution >= 4 is 11.6 Å². The molecular weight excluding hydrogens is 224 g/mol. The van der Waals surface area contributed by atoms with Crippen molar-refractivity contribution < 1.29 is 4.79 Å². The molecular formula is C15H16N2O. The van der Waals surface area contributed by atoms with Gasteiger partial charge >= 0.3 is 0 Å². The molecule has 2 rings (SSSR count). The number of anilines is 1. The van der Waals surface area contributed by atoms with Gasteiger partial charge < -0.3 is 5.32 Å². The number of carbonyl (C=O) groups is 1. The Bertz CT molecular complexity index is 591. The first-order valence-electron chi connectivity index (χ1n) is 5.87. The molecule has 18 heavy (non-hydrogen) atoms. The summed E-state index contributed by atoms with van der Waals surface area (Å²) in [5, 5.41) is 2.94. The third kappa shape index (κ3) is 2.56. The van der Waals surface area contributed by atoms with Gasteiger partial charge in [0.15, 0.2) is 0 Å². The van der Waals surface area contributed by atoms with E-state index in [2.05, 4.69) is 10.3 Å². The van der Waals surface area contributed by atoms with Crippen molar-refractivity contribution in [1.29, 1.82) is 0 Å². The fourth-order valence-corrected chi connectivity index (χ4v) is 1.79. The number of aryl methyl sites for hydroxylation is 3. The minimum Gasteiger partial charge on any atom is -0.322 e. The summed E-state index contributed by atoms with van der Waals surface area (Å²) in [6, 6.07) is 7.74. The standard InChI is InChI=1S/C15H16N2O/c1-10-4-5-11(2)14(8-10)17-15(18)13-6-7-16-9-12(13)3/h4-9H,1-3H3,(H,17,18). The van der Waals surface area contributed by atoms with Crippen LogP contribution in [-0.2, 0) is 0 Å². The Morgan fingerprint density at radius 1 is 1.11 bits per heavy atom. The van der Waals surface area contributed by atoms with Crippen LogP contribution in [-0.4, -0.2) is 10.9 Å². The monoisotopic (exact) mass is 240 g/mol. The Labute approximate surface area is 107 Å². The molecule has 3 heteroatoms. The molecule has 0 aliphatic rings. The number of hydrogen-bond acceptors (Lipinski definition) is 2. The molecule has 0 aliphatic heterocycles. The second-order valence-corrected chi connectivity index (χ2v) is 4.46. The number of aromatic nitrogens is 1. The maximum atomic E-state index is 12.2. The van der Waals surface area contributed by atoms with Gasteiger partial charge in [0.25, 0.3) is 5.91 Å². The van der Waals surface area contributed by atoms with Gasteiger partial charge in [0.05, 0.1) is 0 Å². The Kier molecular flexibility index (Phi) is 3.42. The third-order valence-corrected chi connectivity index (χ3v) is 2.91. The number of pyridine rings is 1. The first-order valence-corrected chi connectivity index (χ1v) is 5.87. The Hall–Kier alpha value is -2.16. The van der Waals surface area contributed by atoms with E-state index in [1.165, 1.54) is 0 Å². The molecule has 0 fully saturated rings. The number of hydrogen-bond donors (Lipinski definition) is 1. The molecule has 0 radical (unpaired) electrons. The number of carbonyl (C=O) groups excluding carboxylic acids is 1. The van der Waals surface area contributed by atoms with Crippen LogP contribution < -0.4 is 5.32 Å². The van der Waals surface area contributed by atoms with E-state index in [-0.39, 0.29) is 5.91 Å². The summed E-state index contributed by atoms with van der Waals surface area (Å²) >= 11 is 0. The van der Waals surface area contributed by atoms with Crippen LogP contribution in [0.25, 0.3) is 0 Å². The highest BCUT2D eigenvalue weighted by molar-refractivity contribution is 6.05. The largest absolute Gasteiger partial charge is 0.322 e. The summed E-state index contributed by atoms with van der Waals surface area (Å²) in [5.74, 6) is -0.0939. The van der Waals surface area contributed by atoms with Crippen LogP contribution >= 0.6 is 0 Å². The minimum atomic E-state index is -0.0939. The number of nitrogens with one attached hydrogen (secondary N) is 1. The molecule has 1 aromatic heterocycles. The lowest BCUT2D eigenvalue weighted by Gasteiger charge is -2.10. The predicted octanol–water partition coefficient (Wildman–Crippen LogP) is 3.26. The van der Waals surface area contributed by atoms with Crippen LogP contribution in [0.1, 0.15) is 27.0 Å². The van der Waals surface area contributed by atoms with Gasteiger partial charge in [-0.15, -0.1) is 0 Å². The maximum absolute atomic E-state index is 12.2. The second-order valence-electron chi connectivity index (χ2n) is 4.46. The maximum Gasteiger partial charge on any atom is 0.256 e. The zero-order valence-corrected chi connectivity index (χ0v) is 10.8. The topological polar surface area (TPSA) is 42.0 Å². The SMILES string of the molecule is Cc1ccc(C)c(NC(=O)c2ccncc2C)c1. The molecule has 3 nitrogen and oxygen atoms in total. The lowest BCUT2D eigenvalue weighted by atomic mass is 10.1. The van der Waals surface area contributed by atoms with Gasteiger partial charge in [-0.1, -0.05) is 12.1 Å². The van der Waals surface area contributed by atoms with Crippen molar-refractivity contribution in [3.05, 3.63) is 58.9 Å². The number of nitrogens with zero attached hydrogens (tertiary/aromatic N) is 1. The first-order chi connectivity index (χ1) is 8.58. The lowest BCUT2D eigenvalue weighted by Crippen LogP contribution is -2.14. The highest BCUT2D eigenvalue weighted by Gasteiger charge is 2.10. The number of amides is 1. The van der Waals surface area contributed by atoms with E-state index < -0.39 is 0 Å². The fourth-order valence-electron chi connectivity index (χ4n) is 1.79. The van der Waals surface area contributed by atoms with Crippen molar-refractivity contribution in [3.8, 4) is 0 Å². The van der Waals surface area contributed by atoms with Crippen LogP contribution in [0.4, 0.5) is 5.69 Å². The molecule has 92 valence electrons. The molecule has 0 aliphatic carbocycles. The van der Waals surface area contributed by atoms with E-state index in [1.807, 2.05) is 39.0 Å². The van der Waals surface area contributed by atoms with Crippen LogP contribution in [0.5, 0.6) is 0 Å². The zero-order valence-electron chi connectivity index (χ0n) is 10.8. The number of benzene rings is 1. The van der Waals surface area contributed by atoms with Crippen molar-refractivity contribution in [2.24, 2.45) is 0 Å². The third-order valence-electron chi connectivity index (χ3n) is 2.91. The van der Waals surface area contributed by atoms with E-state index >= 15 is 0 Å².